The molecule has 2 unspecified atom stereocenters. The number of piperidine rings is 1. The summed E-state index contributed by atoms with van der Waals surface area (Å²) >= 11 is 0. The van der Waals surface area contributed by atoms with Crippen molar-refractivity contribution in [3.8, 4) is 0 Å². The van der Waals surface area contributed by atoms with Crippen LogP contribution in [0.25, 0.3) is 0 Å². The lowest BCUT2D eigenvalue weighted by atomic mass is 10.1. The summed E-state index contributed by atoms with van der Waals surface area (Å²) < 4.78 is 12.0. The highest BCUT2D eigenvalue weighted by molar-refractivity contribution is 7.85. The molecule has 2 fully saturated rings. The summed E-state index contributed by atoms with van der Waals surface area (Å²) in [6.07, 6.45) is 8.87. The minimum atomic E-state index is -0.555. The fourth-order valence-electron chi connectivity index (χ4n) is 2.55. The third kappa shape index (κ3) is 2.80. The third-order valence-corrected chi connectivity index (χ3v) is 5.40. The minimum absolute atomic E-state index is 0.527. The van der Waals surface area contributed by atoms with E-state index in [1.807, 2.05) is 0 Å². The summed E-state index contributed by atoms with van der Waals surface area (Å²) in [5.74, 6) is 0.907. The van der Waals surface area contributed by atoms with Crippen molar-refractivity contribution in [1.82, 2.24) is 5.32 Å². The van der Waals surface area contributed by atoms with Crippen LogP contribution in [0.2, 0.25) is 0 Å². The predicted molar refractivity (Wildman–Crippen MR) is 60.9 cm³/mol. The number of rotatable bonds is 3. The first kappa shape index (κ1) is 10.6. The standard InChI is InChI=1S/C11H21NOS/c13-14(11-6-1-2-7-11)9-10-5-3-4-8-12-10/h10-12H,1-9H2. The molecular weight excluding hydrogens is 194 g/mol. The molecule has 2 aliphatic rings. The highest BCUT2D eigenvalue weighted by Crippen LogP contribution is 2.23. The average molecular weight is 215 g/mol. The molecule has 82 valence electrons. The summed E-state index contributed by atoms with van der Waals surface area (Å²) in [5.41, 5.74) is 0. The molecule has 1 saturated carbocycles. The van der Waals surface area contributed by atoms with E-state index in [1.165, 1.54) is 44.9 Å². The molecule has 2 atom stereocenters. The monoisotopic (exact) mass is 215 g/mol. The van der Waals surface area contributed by atoms with Crippen LogP contribution in [0.5, 0.6) is 0 Å². The fourth-order valence-corrected chi connectivity index (χ4v) is 4.36. The Morgan fingerprint density at radius 2 is 1.79 bits per heavy atom. The van der Waals surface area contributed by atoms with E-state index < -0.39 is 10.8 Å². The predicted octanol–water partition coefficient (Wildman–Crippen LogP) is 1.82. The van der Waals surface area contributed by atoms with Crippen LogP contribution in [0.3, 0.4) is 0 Å². The summed E-state index contributed by atoms with van der Waals surface area (Å²) in [4.78, 5) is 0. The van der Waals surface area contributed by atoms with Crippen LogP contribution in [0.15, 0.2) is 0 Å². The van der Waals surface area contributed by atoms with Gasteiger partial charge in [-0.15, -0.1) is 0 Å². The van der Waals surface area contributed by atoms with Crippen molar-refractivity contribution < 1.29 is 4.21 Å². The van der Waals surface area contributed by atoms with Gasteiger partial charge in [0.1, 0.15) is 0 Å². The van der Waals surface area contributed by atoms with Gasteiger partial charge in [-0.25, -0.2) is 0 Å². The first-order chi connectivity index (χ1) is 6.86. The van der Waals surface area contributed by atoms with E-state index in [0.29, 0.717) is 11.3 Å². The van der Waals surface area contributed by atoms with Crippen molar-refractivity contribution in [2.45, 2.75) is 56.2 Å². The summed E-state index contributed by atoms with van der Waals surface area (Å²) in [5, 5.41) is 4.01. The minimum Gasteiger partial charge on any atom is -0.313 e. The van der Waals surface area contributed by atoms with Crippen molar-refractivity contribution in [2.24, 2.45) is 0 Å². The van der Waals surface area contributed by atoms with Gasteiger partial charge in [0.25, 0.3) is 0 Å². The molecule has 0 aromatic heterocycles. The molecule has 1 heterocycles. The molecule has 0 aromatic carbocycles. The lowest BCUT2D eigenvalue weighted by molar-refractivity contribution is 0.427. The van der Waals surface area contributed by atoms with E-state index in [4.69, 9.17) is 0 Å². The van der Waals surface area contributed by atoms with Crippen molar-refractivity contribution >= 4 is 10.8 Å². The molecule has 2 rings (SSSR count). The summed E-state index contributed by atoms with van der Waals surface area (Å²) in [6, 6.07) is 0.546. The molecule has 3 heteroatoms. The topological polar surface area (TPSA) is 29.1 Å². The molecule has 1 aliphatic heterocycles. The zero-order valence-corrected chi connectivity index (χ0v) is 9.65. The van der Waals surface area contributed by atoms with Crippen LogP contribution in [-0.4, -0.2) is 27.8 Å². The normalized spacial score (nSPS) is 31.9. The van der Waals surface area contributed by atoms with Crippen molar-refractivity contribution in [3.63, 3.8) is 0 Å². The van der Waals surface area contributed by atoms with E-state index in [9.17, 15) is 4.21 Å². The Labute approximate surface area is 89.3 Å². The molecule has 0 bridgehead atoms. The van der Waals surface area contributed by atoms with Crippen molar-refractivity contribution in [2.75, 3.05) is 12.3 Å². The maximum atomic E-state index is 12.0. The smallest absolute Gasteiger partial charge is 0.0391 e. The Morgan fingerprint density at radius 1 is 1.07 bits per heavy atom. The van der Waals surface area contributed by atoms with Gasteiger partial charge in [0.2, 0.25) is 0 Å². The Morgan fingerprint density at radius 3 is 2.43 bits per heavy atom. The van der Waals surface area contributed by atoms with Crippen LogP contribution < -0.4 is 5.32 Å². The Hall–Kier alpha value is 0.110. The first-order valence-corrected chi connectivity index (χ1v) is 7.35. The molecule has 1 saturated heterocycles. The largest absolute Gasteiger partial charge is 0.313 e. The van der Waals surface area contributed by atoms with Gasteiger partial charge in [0.05, 0.1) is 0 Å². The molecular formula is C11H21NOS. The molecule has 0 aromatic rings. The van der Waals surface area contributed by atoms with Gasteiger partial charge in [-0.3, -0.25) is 4.21 Å². The lowest BCUT2D eigenvalue weighted by Crippen LogP contribution is -2.39. The van der Waals surface area contributed by atoms with Gasteiger partial charge in [-0.2, -0.15) is 0 Å². The van der Waals surface area contributed by atoms with Crippen LogP contribution in [0, 0.1) is 0 Å². The second kappa shape index (κ2) is 5.26. The Kier molecular flexibility index (Phi) is 3.99. The second-order valence-electron chi connectivity index (χ2n) is 4.60. The van der Waals surface area contributed by atoms with E-state index in [-0.39, 0.29) is 0 Å². The van der Waals surface area contributed by atoms with E-state index in [1.54, 1.807) is 0 Å². The molecule has 0 amide bonds. The number of nitrogens with one attached hydrogen (secondary N) is 1. The van der Waals surface area contributed by atoms with Gasteiger partial charge in [0.15, 0.2) is 0 Å². The molecule has 1 aliphatic carbocycles. The zero-order chi connectivity index (χ0) is 9.80. The van der Waals surface area contributed by atoms with Gasteiger partial charge in [-0.05, 0) is 32.2 Å². The number of hydrogen-bond donors (Lipinski definition) is 1. The second-order valence-corrected chi connectivity index (χ2v) is 6.36. The Bertz CT molecular complexity index is 195. The Balaban J connectivity index is 1.75. The van der Waals surface area contributed by atoms with Crippen LogP contribution in [0.1, 0.15) is 44.9 Å². The SMILES string of the molecule is O=S(CC1CCCCN1)C1CCCC1. The van der Waals surface area contributed by atoms with Crippen molar-refractivity contribution in [3.05, 3.63) is 0 Å². The highest BCUT2D eigenvalue weighted by atomic mass is 32.2. The van der Waals surface area contributed by atoms with Crippen LogP contribution in [0.4, 0.5) is 0 Å². The zero-order valence-electron chi connectivity index (χ0n) is 8.84. The quantitative estimate of drug-likeness (QED) is 0.778. The molecule has 0 radical (unpaired) electrons. The number of hydrogen-bond acceptors (Lipinski definition) is 2. The molecule has 1 N–H and O–H groups in total. The van der Waals surface area contributed by atoms with Gasteiger partial charge < -0.3 is 5.32 Å². The average Bonchev–Trinajstić information content (AvgIpc) is 2.72. The van der Waals surface area contributed by atoms with E-state index in [2.05, 4.69) is 5.32 Å². The first-order valence-electron chi connectivity index (χ1n) is 5.97. The van der Waals surface area contributed by atoms with Crippen LogP contribution in [-0.2, 0) is 10.8 Å². The molecule has 14 heavy (non-hydrogen) atoms. The summed E-state index contributed by atoms with van der Waals surface area (Å²) in [6.45, 7) is 1.13. The van der Waals surface area contributed by atoms with Crippen molar-refractivity contribution in [1.29, 1.82) is 0 Å². The van der Waals surface area contributed by atoms with Gasteiger partial charge >= 0.3 is 0 Å². The van der Waals surface area contributed by atoms with Gasteiger partial charge in [-0.1, -0.05) is 19.3 Å². The third-order valence-electron chi connectivity index (χ3n) is 3.45. The highest BCUT2D eigenvalue weighted by Gasteiger charge is 2.24. The maximum absolute atomic E-state index is 12.0. The fraction of sp³-hybridized carbons (Fsp3) is 1.00. The molecule has 0 spiro atoms. The maximum Gasteiger partial charge on any atom is 0.0391 e. The summed E-state index contributed by atoms with van der Waals surface area (Å²) in [7, 11) is -0.555. The van der Waals surface area contributed by atoms with E-state index in [0.717, 1.165) is 12.3 Å². The molecule has 2 nitrogen and oxygen atoms in total. The van der Waals surface area contributed by atoms with E-state index >= 15 is 0 Å². The lowest BCUT2D eigenvalue weighted by Gasteiger charge is -2.24. The van der Waals surface area contributed by atoms with Crippen LogP contribution >= 0.6 is 0 Å². The van der Waals surface area contributed by atoms with Gasteiger partial charge in [0, 0.05) is 27.8 Å².